The second kappa shape index (κ2) is 4.65. The molecule has 1 saturated carbocycles. The van der Waals surface area contributed by atoms with Crippen molar-refractivity contribution in [2.75, 3.05) is 7.11 Å². The molecule has 1 unspecified atom stereocenters. The quantitative estimate of drug-likeness (QED) is 0.874. The van der Waals surface area contributed by atoms with Crippen LogP contribution in [0.2, 0.25) is 0 Å². The molecule has 1 aromatic rings. The maximum absolute atomic E-state index is 14.1. The van der Waals surface area contributed by atoms with Crippen molar-refractivity contribution in [1.29, 1.82) is 0 Å². The number of ether oxygens (including phenoxy) is 1. The van der Waals surface area contributed by atoms with Crippen molar-refractivity contribution in [3.8, 4) is 5.75 Å². The Hall–Kier alpha value is -1.09. The number of halogens is 1. The lowest BCUT2D eigenvalue weighted by molar-refractivity contribution is 0.0376. The van der Waals surface area contributed by atoms with Crippen molar-refractivity contribution < 1.29 is 14.2 Å². The van der Waals surface area contributed by atoms with Crippen molar-refractivity contribution >= 4 is 0 Å². The van der Waals surface area contributed by atoms with Crippen molar-refractivity contribution in [2.45, 2.75) is 38.7 Å². The smallest absolute Gasteiger partial charge is 0.170 e. The molecule has 2 rings (SSSR count). The maximum Gasteiger partial charge on any atom is 0.170 e. The van der Waals surface area contributed by atoms with E-state index in [0.29, 0.717) is 5.56 Å². The Kier molecular flexibility index (Phi) is 3.38. The van der Waals surface area contributed by atoms with Crippen LogP contribution in [0.25, 0.3) is 0 Å². The third kappa shape index (κ3) is 2.16. The number of hydrogen-bond acceptors (Lipinski definition) is 2. The van der Waals surface area contributed by atoms with Crippen molar-refractivity contribution in [1.82, 2.24) is 0 Å². The van der Waals surface area contributed by atoms with Gasteiger partial charge in [-0.05, 0) is 24.3 Å². The van der Waals surface area contributed by atoms with E-state index in [0.717, 1.165) is 25.7 Å². The fraction of sp³-hybridized carbons (Fsp3) is 0.571. The summed E-state index contributed by atoms with van der Waals surface area (Å²) in [4.78, 5) is 0. The number of aliphatic hydroxyl groups is 1. The number of benzene rings is 1. The van der Waals surface area contributed by atoms with Crippen molar-refractivity contribution in [2.24, 2.45) is 5.41 Å². The first-order chi connectivity index (χ1) is 8.08. The van der Waals surface area contributed by atoms with E-state index in [-0.39, 0.29) is 11.2 Å². The summed E-state index contributed by atoms with van der Waals surface area (Å²) in [5, 5.41) is 10.4. The first-order valence-corrected chi connectivity index (χ1v) is 6.09. The molecule has 0 amide bonds. The maximum atomic E-state index is 14.1. The van der Waals surface area contributed by atoms with Gasteiger partial charge < -0.3 is 9.84 Å². The summed E-state index contributed by atoms with van der Waals surface area (Å²) >= 11 is 0. The Morgan fingerprint density at radius 2 is 2.00 bits per heavy atom. The molecule has 1 atom stereocenters. The highest BCUT2D eigenvalue weighted by molar-refractivity contribution is 5.33. The summed E-state index contributed by atoms with van der Waals surface area (Å²) in [6, 6.07) is 4.94. The molecular formula is C14H19FO2. The van der Waals surface area contributed by atoms with Gasteiger partial charge in [0.05, 0.1) is 13.2 Å². The highest BCUT2D eigenvalue weighted by atomic mass is 19.1. The molecule has 1 aromatic carbocycles. The standard InChI is InChI=1S/C14H19FO2/c1-14(8-3-4-9-14)13(16)10-6-5-7-11(17-2)12(10)15/h5-7,13,16H,3-4,8-9H2,1-2H3. The lowest BCUT2D eigenvalue weighted by atomic mass is 9.79. The molecule has 1 fully saturated rings. The first-order valence-electron chi connectivity index (χ1n) is 6.09. The number of aliphatic hydroxyl groups excluding tert-OH is 1. The van der Waals surface area contributed by atoms with Gasteiger partial charge in [0, 0.05) is 5.56 Å². The van der Waals surface area contributed by atoms with Gasteiger partial charge in [-0.25, -0.2) is 4.39 Å². The van der Waals surface area contributed by atoms with Crippen LogP contribution >= 0.6 is 0 Å². The summed E-state index contributed by atoms with van der Waals surface area (Å²) in [5.74, 6) is -0.237. The molecule has 0 spiro atoms. The van der Waals surface area contributed by atoms with E-state index in [1.807, 2.05) is 6.92 Å². The van der Waals surface area contributed by atoms with Crippen LogP contribution in [-0.4, -0.2) is 12.2 Å². The molecule has 0 aliphatic heterocycles. The monoisotopic (exact) mass is 238 g/mol. The number of hydrogen-bond donors (Lipinski definition) is 1. The number of rotatable bonds is 3. The lowest BCUT2D eigenvalue weighted by Gasteiger charge is -2.30. The Labute approximate surface area is 101 Å². The molecule has 0 bridgehead atoms. The predicted octanol–water partition coefficient (Wildman–Crippen LogP) is 3.45. The van der Waals surface area contributed by atoms with E-state index in [1.54, 1.807) is 18.2 Å². The molecule has 0 radical (unpaired) electrons. The third-order valence-corrected chi connectivity index (χ3v) is 3.91. The van der Waals surface area contributed by atoms with Gasteiger partial charge in [0.15, 0.2) is 11.6 Å². The highest BCUT2D eigenvalue weighted by Crippen LogP contribution is 2.48. The number of methoxy groups -OCH3 is 1. The molecule has 1 aliphatic carbocycles. The van der Waals surface area contributed by atoms with E-state index < -0.39 is 11.9 Å². The molecule has 0 aromatic heterocycles. The van der Waals surface area contributed by atoms with Gasteiger partial charge in [0.25, 0.3) is 0 Å². The zero-order valence-corrected chi connectivity index (χ0v) is 10.4. The lowest BCUT2D eigenvalue weighted by Crippen LogP contribution is -2.23. The molecule has 1 N–H and O–H groups in total. The molecule has 0 saturated heterocycles. The topological polar surface area (TPSA) is 29.5 Å². The second-order valence-electron chi connectivity index (χ2n) is 5.13. The van der Waals surface area contributed by atoms with Crippen LogP contribution in [-0.2, 0) is 0 Å². The van der Waals surface area contributed by atoms with E-state index in [9.17, 15) is 9.50 Å². The van der Waals surface area contributed by atoms with Gasteiger partial charge in [0.1, 0.15) is 0 Å². The summed E-state index contributed by atoms with van der Waals surface area (Å²) in [6.45, 7) is 2.03. The molecule has 2 nitrogen and oxygen atoms in total. The van der Waals surface area contributed by atoms with Gasteiger partial charge in [-0.3, -0.25) is 0 Å². The average molecular weight is 238 g/mol. The van der Waals surface area contributed by atoms with Crippen LogP contribution in [0.3, 0.4) is 0 Å². The van der Waals surface area contributed by atoms with E-state index in [4.69, 9.17) is 4.74 Å². The Morgan fingerprint density at radius 1 is 1.35 bits per heavy atom. The van der Waals surface area contributed by atoms with Gasteiger partial charge in [-0.15, -0.1) is 0 Å². The second-order valence-corrected chi connectivity index (χ2v) is 5.13. The zero-order chi connectivity index (χ0) is 12.5. The van der Waals surface area contributed by atoms with Gasteiger partial charge in [-0.1, -0.05) is 31.9 Å². The van der Waals surface area contributed by atoms with E-state index in [2.05, 4.69) is 0 Å². The summed E-state index contributed by atoms with van der Waals surface area (Å²) in [6.07, 6.45) is 3.37. The third-order valence-electron chi connectivity index (χ3n) is 3.91. The van der Waals surface area contributed by atoms with Crippen molar-refractivity contribution in [3.05, 3.63) is 29.6 Å². The molecule has 17 heavy (non-hydrogen) atoms. The fourth-order valence-corrected chi connectivity index (χ4v) is 2.73. The highest BCUT2D eigenvalue weighted by Gasteiger charge is 2.38. The zero-order valence-electron chi connectivity index (χ0n) is 10.4. The fourth-order valence-electron chi connectivity index (χ4n) is 2.73. The van der Waals surface area contributed by atoms with E-state index >= 15 is 0 Å². The van der Waals surface area contributed by atoms with Crippen molar-refractivity contribution in [3.63, 3.8) is 0 Å². The van der Waals surface area contributed by atoms with Crippen LogP contribution in [0.15, 0.2) is 18.2 Å². The molecule has 3 heteroatoms. The normalized spacial score (nSPS) is 20.2. The molecule has 94 valence electrons. The van der Waals surface area contributed by atoms with Crippen LogP contribution in [0.1, 0.15) is 44.3 Å². The Morgan fingerprint density at radius 3 is 2.59 bits per heavy atom. The van der Waals surface area contributed by atoms with Gasteiger partial charge in [0.2, 0.25) is 0 Å². The van der Waals surface area contributed by atoms with Gasteiger partial charge in [-0.2, -0.15) is 0 Å². The minimum absolute atomic E-state index is 0.197. The first kappa shape index (κ1) is 12.4. The molecular weight excluding hydrogens is 219 g/mol. The van der Waals surface area contributed by atoms with E-state index in [1.165, 1.54) is 7.11 Å². The van der Waals surface area contributed by atoms with Crippen LogP contribution < -0.4 is 4.74 Å². The summed E-state index contributed by atoms with van der Waals surface area (Å²) < 4.78 is 19.0. The molecule has 0 heterocycles. The van der Waals surface area contributed by atoms with Crippen LogP contribution in [0.4, 0.5) is 4.39 Å². The summed E-state index contributed by atoms with van der Waals surface area (Å²) in [5.41, 5.74) is 0.154. The van der Waals surface area contributed by atoms with Crippen LogP contribution in [0.5, 0.6) is 5.75 Å². The SMILES string of the molecule is COc1cccc(C(O)C2(C)CCCC2)c1F. The molecule has 1 aliphatic rings. The summed E-state index contributed by atoms with van der Waals surface area (Å²) in [7, 11) is 1.44. The largest absolute Gasteiger partial charge is 0.494 e. The average Bonchev–Trinajstić information content (AvgIpc) is 2.77. The minimum atomic E-state index is -0.750. The van der Waals surface area contributed by atoms with Crippen LogP contribution in [0, 0.1) is 11.2 Å². The Bertz CT molecular complexity index is 397. The Balaban J connectivity index is 2.33. The minimum Gasteiger partial charge on any atom is -0.494 e. The predicted molar refractivity (Wildman–Crippen MR) is 64.5 cm³/mol. The van der Waals surface area contributed by atoms with Gasteiger partial charge >= 0.3 is 0 Å².